The van der Waals surface area contributed by atoms with Crippen molar-refractivity contribution in [1.29, 1.82) is 0 Å². The Bertz CT molecular complexity index is 789. The first-order valence-electron chi connectivity index (χ1n) is 7.54. The van der Waals surface area contributed by atoms with Crippen molar-refractivity contribution in [2.75, 3.05) is 5.01 Å². The molecule has 0 bridgehead atoms. The number of benzene rings is 2. The summed E-state index contributed by atoms with van der Waals surface area (Å²) in [5.41, 5.74) is 4.31. The molecule has 0 unspecified atom stereocenters. The molecular weight excluding hydrogens is 308 g/mol. The zero-order valence-electron chi connectivity index (χ0n) is 13.1. The molecule has 1 aliphatic heterocycles. The van der Waals surface area contributed by atoms with Crippen LogP contribution in [0.25, 0.3) is 6.08 Å². The largest absolute Gasteiger partial charge is 0.280 e. The number of rotatable bonds is 3. The summed E-state index contributed by atoms with van der Waals surface area (Å²) in [5.74, 6) is -0.121. The second kappa shape index (κ2) is 6.39. The lowest BCUT2D eigenvalue weighted by molar-refractivity contribution is -0.114. The van der Waals surface area contributed by atoms with Gasteiger partial charge in [0.1, 0.15) is 0 Å². The smallest absolute Gasteiger partial charge is 0.267 e. The highest BCUT2D eigenvalue weighted by molar-refractivity contribution is 6.32. The minimum absolute atomic E-state index is 0.121. The molecule has 2 aromatic carbocycles. The number of carbonyl (C=O) groups excluding carboxylic acids is 1. The van der Waals surface area contributed by atoms with Gasteiger partial charge in [-0.25, -0.2) is 0 Å². The molecule has 0 N–H and O–H groups in total. The zero-order chi connectivity index (χ0) is 16.4. The normalized spacial score (nSPS) is 16.1. The summed E-state index contributed by atoms with van der Waals surface area (Å²) in [6.45, 7) is 3.97. The van der Waals surface area contributed by atoms with Crippen LogP contribution >= 0.6 is 11.6 Å². The fourth-order valence-electron chi connectivity index (χ4n) is 2.46. The van der Waals surface area contributed by atoms with E-state index in [2.05, 4.69) is 24.2 Å². The number of hydrazone groups is 1. The summed E-state index contributed by atoms with van der Waals surface area (Å²) in [4.78, 5) is 12.6. The Labute approximate surface area is 140 Å². The van der Waals surface area contributed by atoms with Gasteiger partial charge in [0.25, 0.3) is 5.91 Å². The van der Waals surface area contributed by atoms with Crippen molar-refractivity contribution >= 4 is 35.0 Å². The topological polar surface area (TPSA) is 32.7 Å². The molecule has 1 amide bonds. The number of nitrogens with zero attached hydrogens (tertiary/aromatic N) is 2. The van der Waals surface area contributed by atoms with E-state index in [9.17, 15) is 4.79 Å². The molecule has 0 spiro atoms. The highest BCUT2D eigenvalue weighted by Crippen LogP contribution is 2.26. The van der Waals surface area contributed by atoms with Crippen molar-refractivity contribution in [3.05, 3.63) is 70.3 Å². The average molecular weight is 325 g/mol. The van der Waals surface area contributed by atoms with E-state index in [0.29, 0.717) is 22.0 Å². The first kappa shape index (κ1) is 15.5. The van der Waals surface area contributed by atoms with Gasteiger partial charge in [0.2, 0.25) is 0 Å². The van der Waals surface area contributed by atoms with Crippen molar-refractivity contribution in [3.63, 3.8) is 0 Å². The predicted molar refractivity (Wildman–Crippen MR) is 95.8 cm³/mol. The van der Waals surface area contributed by atoms with E-state index in [1.165, 1.54) is 10.6 Å². The van der Waals surface area contributed by atoms with Crippen LogP contribution in [0.15, 0.2) is 59.2 Å². The third kappa shape index (κ3) is 3.20. The van der Waals surface area contributed by atoms with Gasteiger partial charge in [-0.05, 0) is 54.8 Å². The standard InChI is InChI=1S/C19H17ClN2O/c1-3-14-4-6-15(7-5-14)12-18-13(2)21-22(19(18)23)17-10-8-16(20)9-11-17/h4-12H,3H2,1-2H3/b18-12-. The van der Waals surface area contributed by atoms with Crippen molar-refractivity contribution in [2.24, 2.45) is 5.10 Å². The number of aryl methyl sites for hydroxylation is 1. The Balaban J connectivity index is 1.89. The number of halogens is 1. The molecule has 2 aromatic rings. The van der Waals surface area contributed by atoms with Gasteiger partial charge >= 0.3 is 0 Å². The van der Waals surface area contributed by atoms with Gasteiger partial charge in [-0.2, -0.15) is 10.1 Å². The summed E-state index contributed by atoms with van der Waals surface area (Å²) >= 11 is 5.89. The summed E-state index contributed by atoms with van der Waals surface area (Å²) in [5, 5.41) is 6.42. The molecule has 116 valence electrons. The lowest BCUT2D eigenvalue weighted by Gasteiger charge is -2.11. The lowest BCUT2D eigenvalue weighted by Crippen LogP contribution is -2.21. The monoisotopic (exact) mass is 324 g/mol. The Morgan fingerprint density at radius 1 is 1.09 bits per heavy atom. The molecule has 4 heteroatoms. The van der Waals surface area contributed by atoms with E-state index in [4.69, 9.17) is 11.6 Å². The SMILES string of the molecule is CCc1ccc(/C=C2\C(=O)N(c3ccc(Cl)cc3)N=C2C)cc1. The first-order valence-corrected chi connectivity index (χ1v) is 7.92. The summed E-state index contributed by atoms with van der Waals surface area (Å²) < 4.78 is 0. The van der Waals surface area contributed by atoms with Crippen molar-refractivity contribution < 1.29 is 4.79 Å². The third-order valence-corrected chi connectivity index (χ3v) is 4.08. The highest BCUT2D eigenvalue weighted by Gasteiger charge is 2.28. The van der Waals surface area contributed by atoms with E-state index in [0.717, 1.165) is 12.0 Å². The van der Waals surface area contributed by atoms with Crippen LogP contribution < -0.4 is 5.01 Å². The number of amides is 1. The Morgan fingerprint density at radius 2 is 1.74 bits per heavy atom. The molecule has 0 aromatic heterocycles. The lowest BCUT2D eigenvalue weighted by atomic mass is 10.0. The maximum atomic E-state index is 12.6. The first-order chi connectivity index (χ1) is 11.1. The van der Waals surface area contributed by atoms with E-state index in [1.54, 1.807) is 24.3 Å². The predicted octanol–water partition coefficient (Wildman–Crippen LogP) is 4.71. The second-order valence-corrected chi connectivity index (χ2v) is 5.87. The molecule has 0 radical (unpaired) electrons. The molecule has 1 heterocycles. The average Bonchev–Trinajstić information content (AvgIpc) is 2.84. The number of hydrogen-bond acceptors (Lipinski definition) is 2. The van der Waals surface area contributed by atoms with Crippen LogP contribution in [0.4, 0.5) is 5.69 Å². The van der Waals surface area contributed by atoms with Gasteiger partial charge < -0.3 is 0 Å². The molecule has 1 aliphatic rings. The van der Waals surface area contributed by atoms with Crippen molar-refractivity contribution in [2.45, 2.75) is 20.3 Å². The van der Waals surface area contributed by atoms with Crippen LogP contribution in [0.2, 0.25) is 5.02 Å². The highest BCUT2D eigenvalue weighted by atomic mass is 35.5. The van der Waals surface area contributed by atoms with Gasteiger partial charge in [-0.3, -0.25) is 4.79 Å². The fourth-order valence-corrected chi connectivity index (χ4v) is 2.58. The van der Waals surface area contributed by atoms with Crippen LogP contribution in [0.1, 0.15) is 25.0 Å². The van der Waals surface area contributed by atoms with E-state index >= 15 is 0 Å². The minimum Gasteiger partial charge on any atom is -0.267 e. The van der Waals surface area contributed by atoms with E-state index < -0.39 is 0 Å². The summed E-state index contributed by atoms with van der Waals surface area (Å²) in [6, 6.07) is 15.3. The van der Waals surface area contributed by atoms with Gasteiger partial charge in [0.05, 0.1) is 17.0 Å². The van der Waals surface area contributed by atoms with E-state index in [1.807, 2.05) is 25.1 Å². The number of hydrogen-bond donors (Lipinski definition) is 0. The maximum Gasteiger partial charge on any atom is 0.280 e. The molecule has 0 aliphatic carbocycles. The van der Waals surface area contributed by atoms with Crippen molar-refractivity contribution in [1.82, 2.24) is 0 Å². The molecule has 0 atom stereocenters. The molecule has 0 fully saturated rings. The van der Waals surface area contributed by atoms with Crippen LogP contribution in [0, 0.1) is 0 Å². The zero-order valence-corrected chi connectivity index (χ0v) is 13.8. The number of anilines is 1. The van der Waals surface area contributed by atoms with Crippen LogP contribution in [0.5, 0.6) is 0 Å². The molecule has 3 nitrogen and oxygen atoms in total. The Hall–Kier alpha value is -2.39. The molecule has 0 saturated heterocycles. The molecular formula is C19H17ClN2O. The van der Waals surface area contributed by atoms with Crippen LogP contribution in [-0.4, -0.2) is 11.6 Å². The third-order valence-electron chi connectivity index (χ3n) is 3.83. The molecule has 23 heavy (non-hydrogen) atoms. The second-order valence-electron chi connectivity index (χ2n) is 5.43. The van der Waals surface area contributed by atoms with Gasteiger partial charge in [0, 0.05) is 5.02 Å². The minimum atomic E-state index is -0.121. The van der Waals surface area contributed by atoms with Gasteiger partial charge in [0.15, 0.2) is 0 Å². The molecule has 3 rings (SSSR count). The van der Waals surface area contributed by atoms with Crippen LogP contribution in [0.3, 0.4) is 0 Å². The van der Waals surface area contributed by atoms with Crippen LogP contribution in [-0.2, 0) is 11.2 Å². The van der Waals surface area contributed by atoms with Crippen molar-refractivity contribution in [3.8, 4) is 0 Å². The summed E-state index contributed by atoms with van der Waals surface area (Å²) in [7, 11) is 0. The Morgan fingerprint density at radius 3 is 2.35 bits per heavy atom. The number of carbonyl (C=O) groups is 1. The maximum absolute atomic E-state index is 12.6. The molecule has 0 saturated carbocycles. The van der Waals surface area contributed by atoms with Gasteiger partial charge in [-0.15, -0.1) is 0 Å². The Kier molecular flexibility index (Phi) is 4.30. The fraction of sp³-hybridized carbons (Fsp3) is 0.158. The summed E-state index contributed by atoms with van der Waals surface area (Å²) in [6.07, 6.45) is 2.89. The van der Waals surface area contributed by atoms with Gasteiger partial charge in [-0.1, -0.05) is 42.8 Å². The quantitative estimate of drug-likeness (QED) is 0.753. The van der Waals surface area contributed by atoms with E-state index in [-0.39, 0.29) is 5.91 Å².